The number of nitrogens with zero attached hydrogens (tertiary/aromatic N) is 2. The minimum absolute atomic E-state index is 0.0515. The highest BCUT2D eigenvalue weighted by Gasteiger charge is 2.40. The maximum Gasteiger partial charge on any atom is 0.425 e. The van der Waals surface area contributed by atoms with Crippen molar-refractivity contribution in [2.75, 3.05) is 26.2 Å². The summed E-state index contributed by atoms with van der Waals surface area (Å²) in [4.78, 5) is 14.6. The Bertz CT molecular complexity index is 397. The zero-order chi connectivity index (χ0) is 16.6. The van der Waals surface area contributed by atoms with Gasteiger partial charge in [0.15, 0.2) is 6.08 Å². The van der Waals surface area contributed by atoms with Gasteiger partial charge in [0, 0.05) is 33.1 Å². The molecule has 1 heterocycles. The number of alkyl halides is 3. The van der Waals surface area contributed by atoms with E-state index in [1.807, 2.05) is 25.7 Å². The first kappa shape index (κ1) is 13.0. The normalized spacial score (nSPS) is 27.3. The molecule has 0 bridgehead atoms. The smallest absolute Gasteiger partial charge is 0.425 e. The first-order chi connectivity index (χ1) is 9.25. The molecule has 112 valence electrons. The number of piperazine rings is 1. The SMILES string of the molecule is [2H]C1CN(C(=O)OC([2H])(C)C(F)(F)F)CCN1C(C)(C)C. The van der Waals surface area contributed by atoms with Crippen LogP contribution in [0.2, 0.25) is 0 Å². The Hall–Kier alpha value is -0.980. The van der Waals surface area contributed by atoms with Crippen LogP contribution in [0.3, 0.4) is 0 Å². The molecule has 1 rings (SSSR count). The van der Waals surface area contributed by atoms with Crippen molar-refractivity contribution in [3.05, 3.63) is 0 Å². The summed E-state index contributed by atoms with van der Waals surface area (Å²) in [6.45, 7) is 5.99. The summed E-state index contributed by atoms with van der Waals surface area (Å²) in [6, 6.07) is 0. The topological polar surface area (TPSA) is 32.8 Å². The Morgan fingerprint density at radius 2 is 1.89 bits per heavy atom. The number of carbonyl (C=O) groups is 1. The van der Waals surface area contributed by atoms with Crippen LogP contribution < -0.4 is 0 Å². The van der Waals surface area contributed by atoms with Crippen LogP contribution in [0.15, 0.2) is 0 Å². The zero-order valence-electron chi connectivity index (χ0n) is 13.5. The predicted octanol–water partition coefficient (Wildman–Crippen LogP) is 2.49. The molecule has 1 amide bonds. The van der Waals surface area contributed by atoms with Crippen molar-refractivity contribution < 1.29 is 25.4 Å². The van der Waals surface area contributed by atoms with Gasteiger partial charge in [0.25, 0.3) is 0 Å². The lowest BCUT2D eigenvalue weighted by molar-refractivity contribution is -0.200. The van der Waals surface area contributed by atoms with Crippen molar-refractivity contribution in [2.45, 2.75) is 45.5 Å². The number of halogens is 3. The van der Waals surface area contributed by atoms with Gasteiger partial charge in [-0.05, 0) is 27.7 Å². The minimum atomic E-state index is -4.96. The Balaban J connectivity index is 2.68. The number of hydrogen-bond acceptors (Lipinski definition) is 3. The number of amides is 1. The summed E-state index contributed by atoms with van der Waals surface area (Å²) in [7, 11) is 0. The molecule has 1 aliphatic rings. The van der Waals surface area contributed by atoms with E-state index in [9.17, 15) is 18.0 Å². The standard InChI is InChI=1S/C12H21F3N2O2/c1-9(12(13,14)15)19-10(18)16-5-7-17(8-6-16)11(2,3)4/h9H,5-8H2,1-4H3/i7D,9D. The molecular formula is C12H21F3N2O2. The van der Waals surface area contributed by atoms with Gasteiger partial charge in [-0.15, -0.1) is 0 Å². The van der Waals surface area contributed by atoms with Gasteiger partial charge in [0.2, 0.25) is 0 Å². The molecule has 0 aromatic carbocycles. The summed E-state index contributed by atoms with van der Waals surface area (Å²) in [5.41, 5.74) is -0.266. The van der Waals surface area contributed by atoms with E-state index < -0.39 is 24.9 Å². The lowest BCUT2D eigenvalue weighted by Crippen LogP contribution is -2.55. The second kappa shape index (κ2) is 5.56. The first-order valence-corrected chi connectivity index (χ1v) is 5.99. The van der Waals surface area contributed by atoms with Crippen LogP contribution in [0.1, 0.15) is 30.4 Å². The van der Waals surface area contributed by atoms with E-state index in [4.69, 9.17) is 2.74 Å². The van der Waals surface area contributed by atoms with Crippen molar-refractivity contribution in [3.63, 3.8) is 0 Å². The van der Waals surface area contributed by atoms with E-state index >= 15 is 0 Å². The van der Waals surface area contributed by atoms with E-state index in [2.05, 4.69) is 4.74 Å². The van der Waals surface area contributed by atoms with E-state index in [0.29, 0.717) is 13.5 Å². The van der Waals surface area contributed by atoms with Crippen LogP contribution in [0.4, 0.5) is 18.0 Å². The molecule has 0 saturated carbocycles. The van der Waals surface area contributed by atoms with Crippen molar-refractivity contribution in [3.8, 4) is 0 Å². The number of rotatable bonds is 1. The fraction of sp³-hybridized carbons (Fsp3) is 0.917. The summed E-state index contributed by atoms with van der Waals surface area (Å²) >= 11 is 0. The average Bonchev–Trinajstić information content (AvgIpc) is 2.24. The Morgan fingerprint density at radius 3 is 2.32 bits per heavy atom. The third kappa shape index (κ3) is 4.56. The lowest BCUT2D eigenvalue weighted by atomic mass is 10.1. The molecule has 19 heavy (non-hydrogen) atoms. The van der Waals surface area contributed by atoms with Crippen LogP contribution in [-0.4, -0.2) is 59.8 Å². The fourth-order valence-electron chi connectivity index (χ4n) is 1.64. The monoisotopic (exact) mass is 284 g/mol. The van der Waals surface area contributed by atoms with E-state index in [-0.39, 0.29) is 18.6 Å². The molecule has 7 heteroatoms. The molecular weight excluding hydrogens is 261 g/mol. The largest absolute Gasteiger partial charge is 0.437 e. The number of carbonyl (C=O) groups excluding carboxylic acids is 1. The maximum atomic E-state index is 12.5. The van der Waals surface area contributed by atoms with Gasteiger partial charge in [-0.3, -0.25) is 4.90 Å². The Morgan fingerprint density at radius 1 is 1.32 bits per heavy atom. The van der Waals surface area contributed by atoms with Crippen molar-refractivity contribution >= 4 is 6.09 Å². The van der Waals surface area contributed by atoms with Gasteiger partial charge in [-0.1, -0.05) is 0 Å². The second-order valence-corrected chi connectivity index (χ2v) is 5.41. The van der Waals surface area contributed by atoms with Gasteiger partial charge >= 0.3 is 12.3 Å². The van der Waals surface area contributed by atoms with Crippen LogP contribution in [0, 0.1) is 0 Å². The minimum Gasteiger partial charge on any atom is -0.437 e. The van der Waals surface area contributed by atoms with Crippen LogP contribution >= 0.6 is 0 Å². The molecule has 0 radical (unpaired) electrons. The molecule has 0 N–H and O–H groups in total. The number of hydrogen-bond donors (Lipinski definition) is 0. The van der Waals surface area contributed by atoms with Gasteiger partial charge < -0.3 is 9.64 Å². The van der Waals surface area contributed by atoms with E-state index in [0.717, 1.165) is 4.90 Å². The van der Waals surface area contributed by atoms with Crippen LogP contribution in [0.5, 0.6) is 0 Å². The lowest BCUT2D eigenvalue weighted by Gasteiger charge is -2.42. The van der Waals surface area contributed by atoms with Gasteiger partial charge in [-0.2, -0.15) is 13.2 Å². The first-order valence-electron chi connectivity index (χ1n) is 7.07. The quantitative estimate of drug-likeness (QED) is 0.741. The molecule has 1 fully saturated rings. The predicted molar refractivity (Wildman–Crippen MR) is 64.9 cm³/mol. The van der Waals surface area contributed by atoms with Gasteiger partial charge in [0.1, 0.15) is 0 Å². The molecule has 0 aliphatic carbocycles. The Labute approximate surface area is 114 Å². The second-order valence-electron chi connectivity index (χ2n) is 5.41. The average molecular weight is 284 g/mol. The zero-order valence-corrected chi connectivity index (χ0v) is 11.5. The molecule has 4 nitrogen and oxygen atoms in total. The van der Waals surface area contributed by atoms with Crippen LogP contribution in [-0.2, 0) is 4.74 Å². The maximum absolute atomic E-state index is 12.5. The van der Waals surface area contributed by atoms with E-state index in [1.54, 1.807) is 0 Å². The summed E-state index contributed by atoms with van der Waals surface area (Å²) in [5, 5.41) is 0. The molecule has 1 saturated heterocycles. The molecule has 1 aliphatic heterocycles. The molecule has 0 spiro atoms. The third-order valence-electron chi connectivity index (χ3n) is 2.89. The molecule has 2 unspecified atom stereocenters. The third-order valence-corrected chi connectivity index (χ3v) is 2.89. The summed E-state index contributed by atoms with van der Waals surface area (Å²) in [6.07, 6.45) is -9.46. The summed E-state index contributed by atoms with van der Waals surface area (Å²) in [5.74, 6) is 0. The van der Waals surface area contributed by atoms with Crippen LogP contribution in [0.25, 0.3) is 0 Å². The van der Waals surface area contributed by atoms with Gasteiger partial charge in [0.05, 0.1) is 1.37 Å². The molecule has 0 aromatic rings. The fourth-order valence-corrected chi connectivity index (χ4v) is 1.64. The number of ether oxygens (including phenoxy) is 1. The van der Waals surface area contributed by atoms with E-state index in [1.165, 1.54) is 0 Å². The van der Waals surface area contributed by atoms with Crippen molar-refractivity contribution in [1.82, 2.24) is 9.80 Å². The molecule has 0 aromatic heterocycles. The summed E-state index contributed by atoms with van der Waals surface area (Å²) < 4.78 is 56.9. The highest BCUT2D eigenvalue weighted by Crippen LogP contribution is 2.23. The Kier molecular flexibility index (Phi) is 3.81. The highest BCUT2D eigenvalue weighted by atomic mass is 19.4. The van der Waals surface area contributed by atoms with Crippen molar-refractivity contribution in [2.24, 2.45) is 0 Å². The van der Waals surface area contributed by atoms with Gasteiger partial charge in [-0.25, -0.2) is 4.79 Å². The highest BCUT2D eigenvalue weighted by molar-refractivity contribution is 5.68. The van der Waals surface area contributed by atoms with Crippen molar-refractivity contribution in [1.29, 1.82) is 0 Å². The molecule has 2 atom stereocenters.